The Labute approximate surface area is 295 Å². The Bertz CT molecular complexity index is 1870. The average molecular weight is 703 g/mol. The summed E-state index contributed by atoms with van der Waals surface area (Å²) in [5.74, 6) is -0.679. The number of halogens is 2. The molecule has 0 aliphatic carbocycles. The maximum Gasteiger partial charge on any atom is 0.350 e. The van der Waals surface area contributed by atoms with Gasteiger partial charge < -0.3 is 24.4 Å². The minimum Gasteiger partial charge on any atom is -0.493 e. The fourth-order valence-corrected chi connectivity index (χ4v) is 6.36. The molecule has 0 bridgehead atoms. The van der Waals surface area contributed by atoms with Crippen LogP contribution in [0.2, 0.25) is 0 Å². The Kier molecular flexibility index (Phi) is 11.6. The first kappa shape index (κ1) is 35.6. The fraction of sp³-hybridized carbons (Fsp3) is 0.405. The molecule has 2 aromatic heterocycles. The van der Waals surface area contributed by atoms with Crippen molar-refractivity contribution in [1.82, 2.24) is 29.1 Å². The molecule has 3 aromatic carbocycles. The van der Waals surface area contributed by atoms with E-state index in [1.807, 2.05) is 43.3 Å². The second kappa shape index (κ2) is 16.6. The Balaban J connectivity index is 1.00. The van der Waals surface area contributed by atoms with Gasteiger partial charge in [0.15, 0.2) is 11.6 Å². The molecule has 12 nitrogen and oxygen atoms in total. The van der Waals surface area contributed by atoms with E-state index >= 15 is 0 Å². The highest BCUT2D eigenvalue weighted by Gasteiger charge is 2.21. The van der Waals surface area contributed by atoms with Gasteiger partial charge in [-0.1, -0.05) is 6.92 Å². The van der Waals surface area contributed by atoms with Crippen molar-refractivity contribution in [3.8, 4) is 17.2 Å². The maximum atomic E-state index is 14.2. The molecular formula is C37H44F2N8O4. The number of aryl methyl sites for hydroxylation is 1. The number of piperazine rings is 1. The summed E-state index contributed by atoms with van der Waals surface area (Å²) in [7, 11) is 0. The van der Waals surface area contributed by atoms with Crippen LogP contribution in [0.3, 0.4) is 0 Å². The third-order valence-corrected chi connectivity index (χ3v) is 9.28. The fourth-order valence-electron chi connectivity index (χ4n) is 6.36. The number of benzene rings is 3. The Morgan fingerprint density at radius 3 is 2.10 bits per heavy atom. The van der Waals surface area contributed by atoms with Crippen LogP contribution in [0.25, 0.3) is 5.69 Å². The summed E-state index contributed by atoms with van der Waals surface area (Å²) in [5.41, 5.74) is 2.65. The molecule has 1 saturated heterocycles. The zero-order valence-corrected chi connectivity index (χ0v) is 28.9. The van der Waals surface area contributed by atoms with Gasteiger partial charge in [-0.15, -0.1) is 0 Å². The van der Waals surface area contributed by atoms with E-state index in [-0.39, 0.29) is 30.0 Å². The lowest BCUT2D eigenvalue weighted by molar-refractivity contribution is 0.118. The predicted molar refractivity (Wildman–Crippen MR) is 190 cm³/mol. The number of aromatic nitrogens is 6. The Hall–Kier alpha value is -5.24. The summed E-state index contributed by atoms with van der Waals surface area (Å²) in [6.07, 6.45) is 6.15. The minimum absolute atomic E-state index is 0.0128. The standard InChI is InChI=1S/C37H44F2N8O4/c1-3-35(27(2)48)47-37(49)46(26-42-47)32-9-7-30(8-10-32)43-17-19-44(20-18-43)31-11-13-33(14-12-31)50-22-28(5-4-16-45-25-40-24-41-45)23-51-36-15-6-29(38)21-34(36)39/h6-15,21,24-28,35,48H,3-5,16-20,22-23H2,1-2H3/t27?,28-,35?/m1/s1. The number of aliphatic hydroxyl groups excluding tert-OH is 1. The van der Waals surface area contributed by atoms with E-state index in [4.69, 9.17) is 9.47 Å². The van der Waals surface area contributed by atoms with Crippen molar-refractivity contribution in [2.24, 2.45) is 5.92 Å². The maximum absolute atomic E-state index is 14.2. The van der Waals surface area contributed by atoms with Gasteiger partial charge >= 0.3 is 5.69 Å². The topological polar surface area (TPSA) is 116 Å². The summed E-state index contributed by atoms with van der Waals surface area (Å²) in [4.78, 5) is 21.6. The quantitative estimate of drug-likeness (QED) is 0.150. The van der Waals surface area contributed by atoms with Gasteiger partial charge in [0.2, 0.25) is 0 Å². The van der Waals surface area contributed by atoms with Gasteiger partial charge in [0, 0.05) is 56.1 Å². The number of hydrogen-bond donors (Lipinski definition) is 1. The lowest BCUT2D eigenvalue weighted by Gasteiger charge is -2.37. The first-order chi connectivity index (χ1) is 24.8. The van der Waals surface area contributed by atoms with Crippen LogP contribution >= 0.6 is 0 Å². The number of hydrogen-bond acceptors (Lipinski definition) is 9. The summed E-state index contributed by atoms with van der Waals surface area (Å²) < 4.78 is 44.0. The number of nitrogens with zero attached hydrogens (tertiary/aromatic N) is 8. The summed E-state index contributed by atoms with van der Waals surface area (Å²) in [6.45, 7) is 8.24. The highest BCUT2D eigenvalue weighted by Crippen LogP contribution is 2.25. The van der Waals surface area contributed by atoms with Gasteiger partial charge in [0.1, 0.15) is 30.5 Å². The SMILES string of the molecule is CCC(C(C)O)n1ncn(-c2ccc(N3CCN(c4ccc(OC[C@@H](CCCn5cncn5)COc5ccc(F)cc5F)cc4)CC3)cc2)c1=O. The van der Waals surface area contributed by atoms with Gasteiger partial charge in [-0.05, 0) is 86.8 Å². The molecule has 3 heterocycles. The van der Waals surface area contributed by atoms with Gasteiger partial charge in [0.05, 0.1) is 31.0 Å². The number of aliphatic hydroxyl groups is 1. The predicted octanol–water partition coefficient (Wildman–Crippen LogP) is 5.12. The molecule has 0 saturated carbocycles. The molecule has 0 amide bonds. The van der Waals surface area contributed by atoms with Crippen molar-refractivity contribution in [3.63, 3.8) is 0 Å². The van der Waals surface area contributed by atoms with Crippen molar-refractivity contribution in [2.45, 2.75) is 51.8 Å². The molecule has 1 fully saturated rings. The lowest BCUT2D eigenvalue weighted by atomic mass is 10.1. The van der Waals surface area contributed by atoms with E-state index in [9.17, 15) is 18.7 Å². The smallest absolute Gasteiger partial charge is 0.350 e. The van der Waals surface area contributed by atoms with Gasteiger partial charge in [-0.25, -0.2) is 27.8 Å². The van der Waals surface area contributed by atoms with Crippen molar-refractivity contribution >= 4 is 11.4 Å². The Morgan fingerprint density at radius 1 is 0.843 bits per heavy atom. The van der Waals surface area contributed by atoms with E-state index < -0.39 is 17.7 Å². The van der Waals surface area contributed by atoms with Crippen molar-refractivity contribution in [3.05, 3.63) is 108 Å². The van der Waals surface area contributed by atoms with E-state index in [0.717, 1.165) is 67.9 Å². The van der Waals surface area contributed by atoms with Gasteiger partial charge in [0.25, 0.3) is 0 Å². The molecule has 1 N–H and O–H groups in total. The largest absolute Gasteiger partial charge is 0.493 e. The van der Waals surface area contributed by atoms with Crippen molar-refractivity contribution in [2.75, 3.05) is 49.2 Å². The van der Waals surface area contributed by atoms with Crippen LogP contribution < -0.4 is 25.0 Å². The first-order valence-corrected chi connectivity index (χ1v) is 17.4. The molecule has 0 radical (unpaired) electrons. The molecule has 14 heteroatoms. The van der Waals surface area contributed by atoms with E-state index in [1.54, 1.807) is 17.9 Å². The van der Waals surface area contributed by atoms with Crippen molar-refractivity contribution in [1.29, 1.82) is 0 Å². The van der Waals surface area contributed by atoms with Crippen LogP contribution in [-0.2, 0) is 6.54 Å². The molecule has 5 aromatic rings. The third kappa shape index (κ3) is 8.92. The summed E-state index contributed by atoms with van der Waals surface area (Å²) >= 11 is 0. The van der Waals surface area contributed by atoms with E-state index in [2.05, 4.69) is 37.1 Å². The first-order valence-electron chi connectivity index (χ1n) is 17.4. The monoisotopic (exact) mass is 702 g/mol. The summed E-state index contributed by atoms with van der Waals surface area (Å²) in [6, 6.07) is 18.9. The number of rotatable bonds is 16. The molecule has 1 aliphatic heterocycles. The van der Waals surface area contributed by atoms with Crippen LogP contribution in [0.15, 0.2) is 90.5 Å². The Morgan fingerprint density at radius 2 is 1.49 bits per heavy atom. The number of anilines is 2. The van der Waals surface area contributed by atoms with Crippen LogP contribution in [0.1, 0.15) is 39.2 Å². The van der Waals surface area contributed by atoms with Crippen LogP contribution in [-0.4, -0.2) is 79.7 Å². The second-order valence-electron chi connectivity index (χ2n) is 12.8. The van der Waals surface area contributed by atoms with Crippen molar-refractivity contribution < 1.29 is 23.4 Å². The minimum atomic E-state index is -0.732. The van der Waals surface area contributed by atoms with Crippen LogP contribution in [0, 0.1) is 17.6 Å². The molecule has 270 valence electrons. The third-order valence-electron chi connectivity index (χ3n) is 9.28. The zero-order chi connectivity index (χ0) is 35.7. The molecule has 0 spiro atoms. The molecular weight excluding hydrogens is 658 g/mol. The lowest BCUT2D eigenvalue weighted by Crippen LogP contribution is -2.46. The number of ether oxygens (including phenoxy) is 2. The van der Waals surface area contributed by atoms with Gasteiger partial charge in [-0.3, -0.25) is 4.68 Å². The van der Waals surface area contributed by atoms with E-state index in [1.165, 1.54) is 34.0 Å². The van der Waals surface area contributed by atoms with Gasteiger partial charge in [-0.2, -0.15) is 10.2 Å². The zero-order valence-electron chi connectivity index (χ0n) is 28.9. The summed E-state index contributed by atoms with van der Waals surface area (Å²) in [5, 5.41) is 18.5. The van der Waals surface area contributed by atoms with Crippen LogP contribution in [0.4, 0.5) is 20.2 Å². The molecule has 2 unspecified atom stereocenters. The second-order valence-corrected chi connectivity index (χ2v) is 12.8. The highest BCUT2D eigenvalue weighted by molar-refractivity contribution is 5.54. The molecule has 51 heavy (non-hydrogen) atoms. The average Bonchev–Trinajstić information content (AvgIpc) is 3.80. The highest BCUT2D eigenvalue weighted by atomic mass is 19.1. The normalized spacial score (nSPS) is 15.1. The van der Waals surface area contributed by atoms with Crippen LogP contribution in [0.5, 0.6) is 11.5 Å². The van der Waals surface area contributed by atoms with E-state index in [0.29, 0.717) is 19.6 Å². The molecule has 1 aliphatic rings. The molecule has 6 rings (SSSR count). The molecule has 3 atom stereocenters.